The lowest BCUT2D eigenvalue weighted by atomic mass is 10.2. The maximum atomic E-state index is 11.3. The summed E-state index contributed by atoms with van der Waals surface area (Å²) in [7, 11) is 0. The molecule has 82 valence electrons. The Morgan fingerprint density at radius 2 is 2.27 bits per heavy atom. The van der Waals surface area contributed by atoms with Crippen LogP contribution in [0.15, 0.2) is 6.20 Å². The van der Waals surface area contributed by atoms with Crippen molar-refractivity contribution in [1.82, 2.24) is 10.2 Å². The van der Waals surface area contributed by atoms with E-state index in [1.54, 1.807) is 6.20 Å². The van der Waals surface area contributed by atoms with E-state index in [4.69, 9.17) is 5.11 Å². The number of rotatable bonds is 5. The molecule has 0 aromatic carbocycles. The fourth-order valence-corrected chi connectivity index (χ4v) is 1.11. The van der Waals surface area contributed by atoms with E-state index in [1.807, 2.05) is 6.92 Å². The predicted octanol–water partition coefficient (Wildman–Crippen LogP) is 0.775. The number of aryl methyl sites for hydroxylation is 1. The molecule has 6 heteroatoms. The molecule has 0 unspecified atom stereocenters. The average molecular weight is 211 g/mol. The number of nitrogens with one attached hydrogen (secondary N) is 2. The molecule has 0 atom stereocenters. The van der Waals surface area contributed by atoms with Gasteiger partial charge in [-0.2, -0.15) is 5.10 Å². The smallest absolute Gasteiger partial charge is 0.303 e. The number of anilines is 1. The zero-order valence-corrected chi connectivity index (χ0v) is 8.41. The minimum absolute atomic E-state index is 0.0303. The Balaban J connectivity index is 2.47. The summed E-state index contributed by atoms with van der Waals surface area (Å²) in [5, 5.41) is 17.4. The number of nitrogens with zero attached hydrogens (tertiary/aromatic N) is 1. The van der Waals surface area contributed by atoms with Crippen molar-refractivity contribution in [2.24, 2.45) is 0 Å². The van der Waals surface area contributed by atoms with E-state index in [0.29, 0.717) is 5.82 Å². The van der Waals surface area contributed by atoms with Gasteiger partial charge in [-0.15, -0.1) is 0 Å². The molecule has 0 spiro atoms. The Hall–Kier alpha value is -1.85. The lowest BCUT2D eigenvalue weighted by molar-refractivity contribution is -0.138. The number of amides is 1. The lowest BCUT2D eigenvalue weighted by Crippen LogP contribution is -2.14. The fraction of sp³-hybridized carbons (Fsp3) is 0.444. The normalized spacial score (nSPS) is 9.93. The zero-order valence-electron chi connectivity index (χ0n) is 8.41. The molecule has 0 radical (unpaired) electrons. The monoisotopic (exact) mass is 211 g/mol. The molecule has 0 saturated carbocycles. The van der Waals surface area contributed by atoms with E-state index in [-0.39, 0.29) is 18.7 Å². The molecule has 1 amide bonds. The van der Waals surface area contributed by atoms with Crippen LogP contribution in [0.5, 0.6) is 0 Å². The first-order valence-corrected chi connectivity index (χ1v) is 4.67. The van der Waals surface area contributed by atoms with E-state index in [2.05, 4.69) is 15.5 Å². The van der Waals surface area contributed by atoms with Crippen molar-refractivity contribution in [1.29, 1.82) is 0 Å². The van der Waals surface area contributed by atoms with Crippen LogP contribution in [0.3, 0.4) is 0 Å². The standard InChI is InChI=1S/C9H13N3O3/c1-2-6-5-10-12-9(6)11-7(13)3-4-8(14)15/h5H,2-4H2,1H3,(H,14,15)(H2,10,11,12,13). The van der Waals surface area contributed by atoms with Gasteiger partial charge in [-0.3, -0.25) is 14.7 Å². The van der Waals surface area contributed by atoms with Crippen LogP contribution in [0.2, 0.25) is 0 Å². The van der Waals surface area contributed by atoms with Gasteiger partial charge < -0.3 is 10.4 Å². The SMILES string of the molecule is CCc1cn[nH]c1NC(=O)CCC(=O)O. The molecule has 1 rings (SSSR count). The van der Waals surface area contributed by atoms with Crippen LogP contribution in [0.25, 0.3) is 0 Å². The van der Waals surface area contributed by atoms with Crippen molar-refractivity contribution < 1.29 is 14.7 Å². The van der Waals surface area contributed by atoms with Gasteiger partial charge in [0, 0.05) is 12.0 Å². The van der Waals surface area contributed by atoms with Crippen LogP contribution < -0.4 is 5.32 Å². The van der Waals surface area contributed by atoms with Crippen molar-refractivity contribution in [2.75, 3.05) is 5.32 Å². The van der Waals surface area contributed by atoms with Gasteiger partial charge >= 0.3 is 5.97 Å². The Morgan fingerprint density at radius 3 is 2.87 bits per heavy atom. The summed E-state index contributed by atoms with van der Waals surface area (Å²) in [5.74, 6) is -0.755. The number of H-pyrrole nitrogens is 1. The summed E-state index contributed by atoms with van der Waals surface area (Å²) in [4.78, 5) is 21.5. The predicted molar refractivity (Wildman–Crippen MR) is 53.5 cm³/mol. The Bertz CT molecular complexity index is 359. The topological polar surface area (TPSA) is 95.1 Å². The maximum absolute atomic E-state index is 11.3. The summed E-state index contributed by atoms with van der Waals surface area (Å²) < 4.78 is 0. The Labute approximate surface area is 86.7 Å². The molecule has 15 heavy (non-hydrogen) atoms. The first-order chi connectivity index (χ1) is 7.13. The number of aliphatic carboxylic acids is 1. The van der Waals surface area contributed by atoms with Crippen LogP contribution in [0.4, 0.5) is 5.82 Å². The van der Waals surface area contributed by atoms with E-state index in [0.717, 1.165) is 12.0 Å². The first kappa shape index (κ1) is 11.2. The van der Waals surface area contributed by atoms with Gasteiger partial charge in [-0.25, -0.2) is 0 Å². The number of carboxylic acid groups (broad SMARTS) is 1. The molecule has 0 aliphatic heterocycles. The Kier molecular flexibility index (Phi) is 3.84. The summed E-state index contributed by atoms with van der Waals surface area (Å²) in [6.45, 7) is 1.94. The highest BCUT2D eigenvalue weighted by molar-refractivity contribution is 5.92. The zero-order chi connectivity index (χ0) is 11.3. The van der Waals surface area contributed by atoms with Crippen molar-refractivity contribution in [3.63, 3.8) is 0 Å². The Morgan fingerprint density at radius 1 is 1.53 bits per heavy atom. The van der Waals surface area contributed by atoms with Gasteiger partial charge in [0.05, 0.1) is 12.6 Å². The summed E-state index contributed by atoms with van der Waals surface area (Å²) >= 11 is 0. The highest BCUT2D eigenvalue weighted by atomic mass is 16.4. The highest BCUT2D eigenvalue weighted by Gasteiger charge is 2.09. The highest BCUT2D eigenvalue weighted by Crippen LogP contribution is 2.11. The third-order valence-electron chi connectivity index (χ3n) is 1.93. The second kappa shape index (κ2) is 5.14. The number of aromatic amines is 1. The number of carbonyl (C=O) groups excluding carboxylic acids is 1. The van der Waals surface area contributed by atoms with Crippen LogP contribution >= 0.6 is 0 Å². The number of hydrogen-bond acceptors (Lipinski definition) is 3. The summed E-state index contributed by atoms with van der Waals surface area (Å²) in [6, 6.07) is 0. The lowest BCUT2D eigenvalue weighted by Gasteiger charge is -2.02. The molecule has 0 bridgehead atoms. The van der Waals surface area contributed by atoms with E-state index >= 15 is 0 Å². The largest absolute Gasteiger partial charge is 0.481 e. The summed E-state index contributed by atoms with van der Waals surface area (Å²) in [6.07, 6.45) is 2.19. The fourth-order valence-electron chi connectivity index (χ4n) is 1.11. The third kappa shape index (κ3) is 3.41. The van der Waals surface area contributed by atoms with Gasteiger partial charge in [0.15, 0.2) is 0 Å². The van der Waals surface area contributed by atoms with E-state index in [1.165, 1.54) is 0 Å². The first-order valence-electron chi connectivity index (χ1n) is 4.67. The van der Waals surface area contributed by atoms with Gasteiger partial charge in [0.2, 0.25) is 5.91 Å². The van der Waals surface area contributed by atoms with Gasteiger partial charge in [0.25, 0.3) is 0 Å². The molecule has 1 aromatic rings. The molecule has 0 saturated heterocycles. The molecule has 3 N–H and O–H groups in total. The van der Waals surface area contributed by atoms with Crippen molar-refractivity contribution in [2.45, 2.75) is 26.2 Å². The number of carbonyl (C=O) groups is 2. The second-order valence-electron chi connectivity index (χ2n) is 3.07. The molecular formula is C9H13N3O3. The number of hydrogen-bond donors (Lipinski definition) is 3. The van der Waals surface area contributed by atoms with Gasteiger partial charge in [-0.1, -0.05) is 6.92 Å². The maximum Gasteiger partial charge on any atom is 0.303 e. The average Bonchev–Trinajstić information content (AvgIpc) is 2.62. The van der Waals surface area contributed by atoms with E-state index < -0.39 is 5.97 Å². The molecular weight excluding hydrogens is 198 g/mol. The third-order valence-corrected chi connectivity index (χ3v) is 1.93. The van der Waals surface area contributed by atoms with Gasteiger partial charge in [-0.05, 0) is 6.42 Å². The number of carboxylic acids is 1. The van der Waals surface area contributed by atoms with Crippen LogP contribution in [0.1, 0.15) is 25.3 Å². The molecule has 6 nitrogen and oxygen atoms in total. The molecule has 0 fully saturated rings. The minimum Gasteiger partial charge on any atom is -0.481 e. The van der Waals surface area contributed by atoms with Crippen LogP contribution in [-0.2, 0) is 16.0 Å². The quantitative estimate of drug-likeness (QED) is 0.670. The van der Waals surface area contributed by atoms with Crippen molar-refractivity contribution in [3.05, 3.63) is 11.8 Å². The second-order valence-corrected chi connectivity index (χ2v) is 3.07. The van der Waals surface area contributed by atoms with Crippen LogP contribution in [-0.4, -0.2) is 27.2 Å². The number of aromatic nitrogens is 2. The molecule has 0 aliphatic carbocycles. The van der Waals surface area contributed by atoms with Crippen LogP contribution in [0, 0.1) is 0 Å². The summed E-state index contributed by atoms with van der Waals surface area (Å²) in [5.41, 5.74) is 0.902. The minimum atomic E-state index is -0.981. The van der Waals surface area contributed by atoms with Crippen molar-refractivity contribution in [3.8, 4) is 0 Å². The van der Waals surface area contributed by atoms with Gasteiger partial charge in [0.1, 0.15) is 5.82 Å². The van der Waals surface area contributed by atoms with E-state index in [9.17, 15) is 9.59 Å². The molecule has 0 aliphatic rings. The molecule has 1 aromatic heterocycles. The molecule has 1 heterocycles. The van der Waals surface area contributed by atoms with Crippen molar-refractivity contribution >= 4 is 17.7 Å².